The van der Waals surface area contributed by atoms with Gasteiger partial charge in [0.2, 0.25) is 5.91 Å². The minimum atomic E-state index is -0.259. The molecule has 6 nitrogen and oxygen atoms in total. The van der Waals surface area contributed by atoms with Gasteiger partial charge in [0.15, 0.2) is 6.61 Å². The molecule has 4 rings (SSSR count). The predicted molar refractivity (Wildman–Crippen MR) is 135 cm³/mol. The Morgan fingerprint density at radius 3 is 2.36 bits per heavy atom. The van der Waals surface area contributed by atoms with E-state index in [-0.39, 0.29) is 23.8 Å². The Kier molecular flexibility index (Phi) is 7.11. The highest BCUT2D eigenvalue weighted by molar-refractivity contribution is 8.00. The van der Waals surface area contributed by atoms with Gasteiger partial charge in [0.05, 0.1) is 5.75 Å². The Labute approximate surface area is 202 Å². The normalized spacial score (nSPS) is 15.4. The van der Waals surface area contributed by atoms with Gasteiger partial charge in [0, 0.05) is 36.2 Å². The average Bonchev–Trinajstić information content (AvgIpc) is 3.20. The molecule has 1 aliphatic rings. The van der Waals surface area contributed by atoms with Crippen molar-refractivity contribution in [2.45, 2.75) is 5.37 Å². The van der Waals surface area contributed by atoms with Gasteiger partial charge in [0.25, 0.3) is 5.91 Å². The fourth-order valence-electron chi connectivity index (χ4n) is 3.47. The SMILES string of the molecule is CN(C)c1ccc(N2C(=O)CSC2c2ccc(NC(=O)COc3ccc(Cl)cc3)cc2)cc1. The third kappa shape index (κ3) is 5.61. The van der Waals surface area contributed by atoms with Crippen LogP contribution in [-0.4, -0.2) is 38.3 Å². The zero-order valence-electron chi connectivity index (χ0n) is 18.3. The molecule has 3 aromatic carbocycles. The molecular weight excluding hydrogens is 458 g/mol. The van der Waals surface area contributed by atoms with E-state index in [1.54, 1.807) is 36.0 Å². The van der Waals surface area contributed by atoms with Gasteiger partial charge in [-0.2, -0.15) is 0 Å². The third-order valence-electron chi connectivity index (χ3n) is 5.18. The fraction of sp³-hybridized carbons (Fsp3) is 0.200. The molecule has 1 heterocycles. The van der Waals surface area contributed by atoms with Crippen LogP contribution in [-0.2, 0) is 9.59 Å². The summed E-state index contributed by atoms with van der Waals surface area (Å²) in [6, 6.07) is 22.4. The lowest BCUT2D eigenvalue weighted by Gasteiger charge is -2.25. The monoisotopic (exact) mass is 481 g/mol. The lowest BCUT2D eigenvalue weighted by molar-refractivity contribution is -0.118. The Morgan fingerprint density at radius 2 is 1.73 bits per heavy atom. The number of ether oxygens (including phenoxy) is 1. The number of hydrogen-bond donors (Lipinski definition) is 1. The lowest BCUT2D eigenvalue weighted by atomic mass is 10.1. The number of carbonyl (C=O) groups is 2. The third-order valence-corrected chi connectivity index (χ3v) is 6.64. The number of hydrogen-bond acceptors (Lipinski definition) is 5. The smallest absolute Gasteiger partial charge is 0.262 e. The second-order valence-electron chi connectivity index (χ2n) is 7.75. The molecule has 0 radical (unpaired) electrons. The number of benzene rings is 3. The number of anilines is 3. The van der Waals surface area contributed by atoms with Crippen molar-refractivity contribution in [3.63, 3.8) is 0 Å². The zero-order chi connectivity index (χ0) is 23.4. The average molecular weight is 482 g/mol. The minimum absolute atomic E-state index is 0.0827. The first-order chi connectivity index (χ1) is 15.9. The summed E-state index contributed by atoms with van der Waals surface area (Å²) in [5, 5.41) is 3.33. The minimum Gasteiger partial charge on any atom is -0.484 e. The summed E-state index contributed by atoms with van der Waals surface area (Å²) in [5.41, 5.74) is 3.62. The number of nitrogens with one attached hydrogen (secondary N) is 1. The number of amides is 2. The topological polar surface area (TPSA) is 61.9 Å². The largest absolute Gasteiger partial charge is 0.484 e. The zero-order valence-corrected chi connectivity index (χ0v) is 19.9. The van der Waals surface area contributed by atoms with E-state index >= 15 is 0 Å². The highest BCUT2D eigenvalue weighted by atomic mass is 35.5. The van der Waals surface area contributed by atoms with Crippen molar-refractivity contribution in [2.75, 3.05) is 41.6 Å². The highest BCUT2D eigenvalue weighted by Gasteiger charge is 2.34. The van der Waals surface area contributed by atoms with Gasteiger partial charge < -0.3 is 15.0 Å². The van der Waals surface area contributed by atoms with E-state index in [2.05, 4.69) is 5.32 Å². The molecule has 1 atom stereocenters. The summed E-state index contributed by atoms with van der Waals surface area (Å²) in [6.45, 7) is -0.104. The van der Waals surface area contributed by atoms with Gasteiger partial charge in [-0.05, 0) is 66.2 Å². The molecule has 1 unspecified atom stereocenters. The van der Waals surface area contributed by atoms with Crippen molar-refractivity contribution in [1.82, 2.24) is 0 Å². The molecule has 0 aromatic heterocycles. The number of rotatable bonds is 7. The maximum absolute atomic E-state index is 12.6. The van der Waals surface area contributed by atoms with E-state index in [1.165, 1.54) is 0 Å². The molecule has 0 aliphatic carbocycles. The van der Waals surface area contributed by atoms with Crippen LogP contribution >= 0.6 is 23.4 Å². The van der Waals surface area contributed by atoms with E-state index < -0.39 is 0 Å². The molecule has 1 saturated heterocycles. The van der Waals surface area contributed by atoms with Gasteiger partial charge in [-0.25, -0.2) is 0 Å². The van der Waals surface area contributed by atoms with E-state index in [4.69, 9.17) is 16.3 Å². The van der Waals surface area contributed by atoms with Gasteiger partial charge in [-0.15, -0.1) is 11.8 Å². The number of nitrogens with zero attached hydrogens (tertiary/aromatic N) is 2. The summed E-state index contributed by atoms with van der Waals surface area (Å²) in [6.07, 6.45) is 0. The van der Waals surface area contributed by atoms with Crippen molar-refractivity contribution in [3.05, 3.63) is 83.4 Å². The quantitative estimate of drug-likeness (QED) is 0.502. The molecule has 8 heteroatoms. The summed E-state index contributed by atoms with van der Waals surface area (Å²) in [5.74, 6) is 0.831. The standard InChI is InChI=1S/C25H24ClN3O3S/c1-28(2)20-9-11-21(12-10-20)29-24(31)16-33-25(29)17-3-7-19(8-4-17)27-23(30)15-32-22-13-5-18(26)6-14-22/h3-14,25H,15-16H2,1-2H3,(H,27,30). The first-order valence-electron chi connectivity index (χ1n) is 10.4. The van der Waals surface area contributed by atoms with Gasteiger partial charge in [-0.3, -0.25) is 14.5 Å². The number of halogens is 1. The summed E-state index contributed by atoms with van der Waals surface area (Å²) in [4.78, 5) is 28.7. The van der Waals surface area contributed by atoms with Crippen LogP contribution in [0.15, 0.2) is 72.8 Å². The first-order valence-corrected chi connectivity index (χ1v) is 11.8. The number of thioether (sulfide) groups is 1. The molecule has 1 aliphatic heterocycles. The maximum atomic E-state index is 12.6. The van der Waals surface area contributed by atoms with Crippen molar-refractivity contribution in [1.29, 1.82) is 0 Å². The predicted octanol–water partition coefficient (Wildman–Crippen LogP) is 5.20. The second kappa shape index (κ2) is 10.2. The summed E-state index contributed by atoms with van der Waals surface area (Å²) >= 11 is 7.44. The summed E-state index contributed by atoms with van der Waals surface area (Å²) in [7, 11) is 3.97. The van der Waals surface area contributed by atoms with Crippen molar-refractivity contribution >= 4 is 52.2 Å². The molecule has 1 fully saturated rings. The van der Waals surface area contributed by atoms with Gasteiger partial charge in [0.1, 0.15) is 11.1 Å². The molecule has 3 aromatic rings. The van der Waals surface area contributed by atoms with E-state index in [0.717, 1.165) is 16.9 Å². The van der Waals surface area contributed by atoms with Crippen LogP contribution in [0.5, 0.6) is 5.75 Å². The molecule has 0 bridgehead atoms. The molecule has 0 spiro atoms. The molecule has 170 valence electrons. The Morgan fingerprint density at radius 1 is 1.06 bits per heavy atom. The van der Waals surface area contributed by atoms with E-state index in [9.17, 15) is 9.59 Å². The van der Waals surface area contributed by atoms with Crippen molar-refractivity contribution in [2.24, 2.45) is 0 Å². The molecule has 0 saturated carbocycles. The Hall–Kier alpha value is -3.16. The van der Waals surface area contributed by atoms with Crippen LogP contribution in [0.25, 0.3) is 0 Å². The molecular formula is C25H24ClN3O3S. The fourth-order valence-corrected chi connectivity index (χ4v) is 4.77. The van der Waals surface area contributed by atoms with Crippen LogP contribution in [0.2, 0.25) is 5.02 Å². The molecule has 2 amide bonds. The molecule has 33 heavy (non-hydrogen) atoms. The lowest BCUT2D eigenvalue weighted by Crippen LogP contribution is -2.27. The van der Waals surface area contributed by atoms with Gasteiger partial charge >= 0.3 is 0 Å². The van der Waals surface area contributed by atoms with Crippen LogP contribution in [0.1, 0.15) is 10.9 Å². The van der Waals surface area contributed by atoms with Crippen LogP contribution in [0.3, 0.4) is 0 Å². The maximum Gasteiger partial charge on any atom is 0.262 e. The first kappa shape index (κ1) is 23.0. The van der Waals surface area contributed by atoms with Crippen LogP contribution in [0.4, 0.5) is 17.1 Å². The van der Waals surface area contributed by atoms with E-state index in [0.29, 0.717) is 22.2 Å². The number of carbonyl (C=O) groups excluding carboxylic acids is 2. The Balaban J connectivity index is 1.39. The van der Waals surface area contributed by atoms with Crippen LogP contribution in [0, 0.1) is 0 Å². The van der Waals surface area contributed by atoms with Crippen LogP contribution < -0.4 is 19.9 Å². The Bertz CT molecular complexity index is 1120. The van der Waals surface area contributed by atoms with Crippen molar-refractivity contribution < 1.29 is 14.3 Å². The highest BCUT2D eigenvalue weighted by Crippen LogP contribution is 2.42. The second-order valence-corrected chi connectivity index (χ2v) is 9.26. The van der Waals surface area contributed by atoms with E-state index in [1.807, 2.05) is 72.4 Å². The van der Waals surface area contributed by atoms with Gasteiger partial charge in [-0.1, -0.05) is 23.7 Å². The molecule has 1 N–H and O–H groups in total. The summed E-state index contributed by atoms with van der Waals surface area (Å²) < 4.78 is 5.48. The van der Waals surface area contributed by atoms with Crippen molar-refractivity contribution in [3.8, 4) is 5.75 Å².